The molecular weight excluding hydrogens is 337 g/mol. The Morgan fingerprint density at radius 1 is 1.08 bits per heavy atom. The Morgan fingerprint density at radius 2 is 1.77 bits per heavy atom. The minimum absolute atomic E-state index is 0.0582. The van der Waals surface area contributed by atoms with Crippen molar-refractivity contribution >= 4 is 11.6 Å². The van der Waals surface area contributed by atoms with Gasteiger partial charge in [-0.15, -0.1) is 0 Å². The maximum Gasteiger partial charge on any atom is 0.276 e. The summed E-state index contributed by atoms with van der Waals surface area (Å²) >= 11 is 0. The third-order valence-corrected chi connectivity index (χ3v) is 3.53. The Bertz CT molecular complexity index is 967. The third kappa shape index (κ3) is 3.94. The number of hydrogen-bond donors (Lipinski definition) is 1. The largest absolute Gasteiger partial charge is 0.494 e. The van der Waals surface area contributed by atoms with Crippen molar-refractivity contribution in [1.82, 2.24) is 9.78 Å². The Balaban J connectivity index is 1.82. The van der Waals surface area contributed by atoms with Gasteiger partial charge in [0.15, 0.2) is 0 Å². The van der Waals surface area contributed by atoms with Gasteiger partial charge in [-0.25, -0.2) is 4.39 Å². The number of rotatable bonds is 5. The van der Waals surface area contributed by atoms with E-state index in [0.717, 1.165) is 4.68 Å². The first-order valence-corrected chi connectivity index (χ1v) is 7.97. The number of halogens is 1. The van der Waals surface area contributed by atoms with Gasteiger partial charge < -0.3 is 10.1 Å². The minimum Gasteiger partial charge on any atom is -0.494 e. The average molecular weight is 353 g/mol. The third-order valence-electron chi connectivity index (χ3n) is 3.53. The molecule has 3 rings (SSSR count). The molecule has 0 unspecified atom stereocenters. The average Bonchev–Trinajstić information content (AvgIpc) is 2.65. The molecule has 1 aromatic heterocycles. The zero-order chi connectivity index (χ0) is 18.5. The molecule has 0 aliphatic heterocycles. The maximum absolute atomic E-state index is 13.0. The van der Waals surface area contributed by atoms with Crippen LogP contribution in [0.4, 0.5) is 10.1 Å². The first-order chi connectivity index (χ1) is 12.6. The zero-order valence-corrected chi connectivity index (χ0v) is 14.0. The minimum atomic E-state index is -0.468. The number of carbonyl (C=O) groups is 1. The fourth-order valence-electron chi connectivity index (χ4n) is 2.30. The lowest BCUT2D eigenvalue weighted by molar-refractivity contribution is 0.102. The van der Waals surface area contributed by atoms with Gasteiger partial charge in [0.2, 0.25) is 0 Å². The number of benzene rings is 2. The molecule has 1 N–H and O–H groups in total. The van der Waals surface area contributed by atoms with Gasteiger partial charge in [-0.2, -0.15) is 9.78 Å². The van der Waals surface area contributed by atoms with Crippen LogP contribution in [0.25, 0.3) is 5.69 Å². The van der Waals surface area contributed by atoms with E-state index < -0.39 is 17.3 Å². The molecule has 7 heteroatoms. The summed E-state index contributed by atoms with van der Waals surface area (Å²) in [6.45, 7) is 2.44. The Labute approximate surface area is 148 Å². The molecule has 1 amide bonds. The Morgan fingerprint density at radius 3 is 2.42 bits per heavy atom. The maximum atomic E-state index is 13.0. The molecule has 0 saturated heterocycles. The van der Waals surface area contributed by atoms with Crippen LogP contribution in [-0.2, 0) is 0 Å². The summed E-state index contributed by atoms with van der Waals surface area (Å²) in [5.41, 5.74) is 0.573. The second kappa shape index (κ2) is 7.60. The summed E-state index contributed by atoms with van der Waals surface area (Å²) < 4.78 is 19.4. The van der Waals surface area contributed by atoms with Gasteiger partial charge in [0.25, 0.3) is 11.5 Å². The van der Waals surface area contributed by atoms with Gasteiger partial charge in [0.1, 0.15) is 17.3 Å². The van der Waals surface area contributed by atoms with Crippen LogP contribution in [-0.4, -0.2) is 22.3 Å². The Kier molecular flexibility index (Phi) is 5.07. The highest BCUT2D eigenvalue weighted by molar-refractivity contribution is 6.02. The van der Waals surface area contributed by atoms with Crippen LogP contribution >= 0.6 is 0 Å². The van der Waals surface area contributed by atoms with E-state index in [9.17, 15) is 14.0 Å². The molecule has 0 aliphatic rings. The topological polar surface area (TPSA) is 73.2 Å². The summed E-state index contributed by atoms with van der Waals surface area (Å²) in [4.78, 5) is 24.4. The molecule has 0 spiro atoms. The molecule has 0 saturated carbocycles. The van der Waals surface area contributed by atoms with Crippen LogP contribution in [0.1, 0.15) is 17.4 Å². The predicted octanol–water partition coefficient (Wildman–Crippen LogP) is 3.02. The van der Waals surface area contributed by atoms with Gasteiger partial charge in [0, 0.05) is 11.8 Å². The number of aromatic nitrogens is 2. The molecule has 26 heavy (non-hydrogen) atoms. The molecule has 0 fully saturated rings. The molecule has 2 aromatic carbocycles. The zero-order valence-electron chi connectivity index (χ0n) is 14.0. The lowest BCUT2D eigenvalue weighted by Crippen LogP contribution is -2.24. The summed E-state index contributed by atoms with van der Waals surface area (Å²) in [7, 11) is 0. The van der Waals surface area contributed by atoms with E-state index in [-0.39, 0.29) is 5.69 Å². The monoisotopic (exact) mass is 353 g/mol. The molecule has 6 nitrogen and oxygen atoms in total. The molecule has 0 aliphatic carbocycles. The fraction of sp³-hybridized carbons (Fsp3) is 0.105. The van der Waals surface area contributed by atoms with Crippen molar-refractivity contribution in [3.05, 3.63) is 82.5 Å². The van der Waals surface area contributed by atoms with Crippen molar-refractivity contribution in [3.8, 4) is 11.4 Å². The summed E-state index contributed by atoms with van der Waals surface area (Å²) in [6, 6.07) is 14.7. The van der Waals surface area contributed by atoms with Gasteiger partial charge in [0.05, 0.1) is 12.3 Å². The van der Waals surface area contributed by atoms with Crippen molar-refractivity contribution in [2.45, 2.75) is 6.92 Å². The van der Waals surface area contributed by atoms with Crippen molar-refractivity contribution in [2.24, 2.45) is 0 Å². The van der Waals surface area contributed by atoms with E-state index in [4.69, 9.17) is 4.74 Å². The molecular formula is C19H16FN3O3. The van der Waals surface area contributed by atoms with E-state index in [2.05, 4.69) is 10.4 Å². The fourth-order valence-corrected chi connectivity index (χ4v) is 2.30. The number of ether oxygens (including phenoxy) is 1. The normalized spacial score (nSPS) is 10.4. The van der Waals surface area contributed by atoms with Crippen molar-refractivity contribution in [3.63, 3.8) is 0 Å². The van der Waals surface area contributed by atoms with E-state index >= 15 is 0 Å². The van der Waals surface area contributed by atoms with Gasteiger partial charge >= 0.3 is 0 Å². The van der Waals surface area contributed by atoms with E-state index in [0.29, 0.717) is 23.7 Å². The lowest BCUT2D eigenvalue weighted by atomic mass is 10.3. The van der Waals surface area contributed by atoms with Crippen molar-refractivity contribution in [1.29, 1.82) is 0 Å². The standard InChI is InChI=1S/C19H16FN3O3/c1-2-26-16-9-5-14(6-10-16)21-19(25)17-11-12-18(24)23(22-17)15-7-3-13(20)4-8-15/h3-12H,2H2,1H3,(H,21,25). The smallest absolute Gasteiger partial charge is 0.276 e. The van der Waals surface area contributed by atoms with E-state index in [1.807, 2.05) is 6.92 Å². The van der Waals surface area contributed by atoms with Crippen molar-refractivity contribution in [2.75, 3.05) is 11.9 Å². The quantitative estimate of drug-likeness (QED) is 0.765. The summed E-state index contributed by atoms with van der Waals surface area (Å²) in [5.74, 6) is -0.190. The number of carbonyl (C=O) groups excluding carboxylic acids is 1. The predicted molar refractivity (Wildman–Crippen MR) is 95.4 cm³/mol. The number of hydrogen-bond acceptors (Lipinski definition) is 4. The molecule has 0 bridgehead atoms. The van der Waals surface area contributed by atoms with E-state index in [1.165, 1.54) is 36.4 Å². The Hall–Kier alpha value is -3.48. The van der Waals surface area contributed by atoms with Crippen LogP contribution in [0.3, 0.4) is 0 Å². The van der Waals surface area contributed by atoms with Crippen molar-refractivity contribution < 1.29 is 13.9 Å². The number of amides is 1. The molecule has 1 heterocycles. The van der Waals surface area contributed by atoms with E-state index in [1.54, 1.807) is 24.3 Å². The van der Waals surface area contributed by atoms with Crippen LogP contribution < -0.4 is 15.6 Å². The van der Waals surface area contributed by atoms with Gasteiger partial charge in [-0.05, 0) is 61.5 Å². The summed E-state index contributed by atoms with van der Waals surface area (Å²) in [5, 5.41) is 6.76. The number of nitrogens with zero attached hydrogens (tertiary/aromatic N) is 2. The van der Waals surface area contributed by atoms with Crippen LogP contribution in [0, 0.1) is 5.82 Å². The molecule has 132 valence electrons. The number of anilines is 1. The second-order valence-corrected chi connectivity index (χ2v) is 5.36. The molecule has 3 aromatic rings. The molecule has 0 atom stereocenters. The SMILES string of the molecule is CCOc1ccc(NC(=O)c2ccc(=O)n(-c3ccc(F)cc3)n2)cc1. The lowest BCUT2D eigenvalue weighted by Gasteiger charge is -2.09. The first-order valence-electron chi connectivity index (χ1n) is 7.97. The highest BCUT2D eigenvalue weighted by Gasteiger charge is 2.11. The second-order valence-electron chi connectivity index (χ2n) is 5.36. The van der Waals surface area contributed by atoms with Gasteiger partial charge in [-0.1, -0.05) is 0 Å². The first kappa shape index (κ1) is 17.3. The summed E-state index contributed by atoms with van der Waals surface area (Å²) in [6.07, 6.45) is 0. The highest BCUT2D eigenvalue weighted by Crippen LogP contribution is 2.16. The molecule has 0 radical (unpaired) electrons. The highest BCUT2D eigenvalue weighted by atomic mass is 19.1. The van der Waals surface area contributed by atoms with Crippen LogP contribution in [0.5, 0.6) is 5.75 Å². The van der Waals surface area contributed by atoms with Crippen LogP contribution in [0.15, 0.2) is 65.5 Å². The number of nitrogens with one attached hydrogen (secondary N) is 1. The van der Waals surface area contributed by atoms with Gasteiger partial charge in [-0.3, -0.25) is 9.59 Å². The van der Waals surface area contributed by atoms with Crippen LogP contribution in [0.2, 0.25) is 0 Å².